The first-order chi connectivity index (χ1) is 5.25. The molecular formula is C6H6INO3. The van der Waals surface area contributed by atoms with Gasteiger partial charge in [0.2, 0.25) is 5.76 Å². The highest BCUT2D eigenvalue weighted by atomic mass is 127. The second-order valence-electron chi connectivity index (χ2n) is 1.69. The SMILES string of the molecule is CCOC(=O)c1ocnc1I. The molecule has 60 valence electrons. The van der Waals surface area contributed by atoms with Gasteiger partial charge in [0, 0.05) is 0 Å². The van der Waals surface area contributed by atoms with Gasteiger partial charge < -0.3 is 9.15 Å². The van der Waals surface area contributed by atoms with Crippen LogP contribution in [0.1, 0.15) is 17.5 Å². The maximum absolute atomic E-state index is 11.0. The van der Waals surface area contributed by atoms with E-state index in [1.165, 1.54) is 6.39 Å². The third kappa shape index (κ3) is 1.92. The lowest BCUT2D eigenvalue weighted by molar-refractivity contribution is 0.0488. The summed E-state index contributed by atoms with van der Waals surface area (Å²) in [4.78, 5) is 14.7. The fraction of sp³-hybridized carbons (Fsp3) is 0.333. The Morgan fingerprint density at radius 2 is 2.64 bits per heavy atom. The molecule has 4 nitrogen and oxygen atoms in total. The summed E-state index contributed by atoms with van der Waals surface area (Å²) in [5, 5.41) is 0. The van der Waals surface area contributed by atoms with Crippen LogP contribution in [0.2, 0.25) is 0 Å². The molecule has 0 spiro atoms. The summed E-state index contributed by atoms with van der Waals surface area (Å²) in [6.45, 7) is 2.08. The van der Waals surface area contributed by atoms with Gasteiger partial charge in [0.15, 0.2) is 10.1 Å². The van der Waals surface area contributed by atoms with Gasteiger partial charge in [0.1, 0.15) is 0 Å². The Morgan fingerprint density at radius 3 is 3.09 bits per heavy atom. The highest BCUT2D eigenvalue weighted by Gasteiger charge is 2.15. The third-order valence-electron chi connectivity index (χ3n) is 0.985. The van der Waals surface area contributed by atoms with E-state index in [1.54, 1.807) is 6.92 Å². The minimum atomic E-state index is -0.464. The maximum Gasteiger partial charge on any atom is 0.377 e. The Labute approximate surface area is 77.1 Å². The zero-order valence-corrected chi connectivity index (χ0v) is 7.99. The number of nitrogens with zero attached hydrogens (tertiary/aromatic N) is 1. The molecule has 0 aliphatic heterocycles. The molecular weight excluding hydrogens is 261 g/mol. The smallest absolute Gasteiger partial charge is 0.377 e. The van der Waals surface area contributed by atoms with Gasteiger partial charge in [-0.2, -0.15) is 0 Å². The van der Waals surface area contributed by atoms with Crippen LogP contribution in [0.3, 0.4) is 0 Å². The summed E-state index contributed by atoms with van der Waals surface area (Å²) >= 11 is 1.90. The molecule has 0 aliphatic rings. The van der Waals surface area contributed by atoms with E-state index in [0.717, 1.165) is 0 Å². The number of oxazole rings is 1. The summed E-state index contributed by atoms with van der Waals surface area (Å²) in [6, 6.07) is 0. The average Bonchev–Trinajstić information content (AvgIpc) is 2.36. The first-order valence-electron chi connectivity index (χ1n) is 3.01. The number of rotatable bonds is 2. The predicted octanol–water partition coefficient (Wildman–Crippen LogP) is 1.46. The quantitative estimate of drug-likeness (QED) is 0.601. The molecule has 1 rings (SSSR count). The maximum atomic E-state index is 11.0. The van der Waals surface area contributed by atoms with E-state index in [0.29, 0.717) is 10.3 Å². The van der Waals surface area contributed by atoms with Crippen LogP contribution in [0, 0.1) is 3.70 Å². The number of halogens is 1. The van der Waals surface area contributed by atoms with Crippen LogP contribution in [0.4, 0.5) is 0 Å². The monoisotopic (exact) mass is 267 g/mol. The highest BCUT2D eigenvalue weighted by molar-refractivity contribution is 14.1. The van der Waals surface area contributed by atoms with Crippen LogP contribution in [-0.2, 0) is 4.74 Å². The lowest BCUT2D eigenvalue weighted by Gasteiger charge is -1.95. The second-order valence-corrected chi connectivity index (χ2v) is 2.71. The van der Waals surface area contributed by atoms with Crippen molar-refractivity contribution in [1.29, 1.82) is 0 Å². The van der Waals surface area contributed by atoms with E-state index < -0.39 is 5.97 Å². The van der Waals surface area contributed by atoms with Gasteiger partial charge in [-0.25, -0.2) is 9.78 Å². The van der Waals surface area contributed by atoms with E-state index in [4.69, 9.17) is 4.42 Å². The molecule has 0 unspecified atom stereocenters. The second kappa shape index (κ2) is 3.70. The van der Waals surface area contributed by atoms with Crippen LogP contribution < -0.4 is 0 Å². The molecule has 11 heavy (non-hydrogen) atoms. The number of ether oxygens (including phenoxy) is 1. The van der Waals surface area contributed by atoms with Crippen LogP contribution in [0.15, 0.2) is 10.8 Å². The molecule has 0 saturated carbocycles. The first kappa shape index (κ1) is 8.51. The van der Waals surface area contributed by atoms with E-state index in [-0.39, 0.29) is 5.76 Å². The Bertz CT molecular complexity index is 258. The van der Waals surface area contributed by atoms with Gasteiger partial charge in [-0.15, -0.1) is 0 Å². The molecule has 0 aliphatic carbocycles. The summed E-state index contributed by atoms with van der Waals surface area (Å²) in [5.41, 5.74) is 0. The molecule has 0 fully saturated rings. The van der Waals surface area contributed by atoms with Crippen molar-refractivity contribution in [3.8, 4) is 0 Å². The fourth-order valence-electron chi connectivity index (χ4n) is 0.562. The number of hydrogen-bond donors (Lipinski definition) is 0. The fourth-order valence-corrected chi connectivity index (χ4v) is 1.02. The number of carbonyl (C=O) groups excluding carboxylic acids is 1. The van der Waals surface area contributed by atoms with Gasteiger partial charge >= 0.3 is 5.97 Å². The van der Waals surface area contributed by atoms with Crippen LogP contribution in [-0.4, -0.2) is 17.6 Å². The predicted molar refractivity (Wildman–Crippen MR) is 45.2 cm³/mol. The van der Waals surface area contributed by atoms with Crippen molar-refractivity contribution in [3.05, 3.63) is 15.9 Å². The number of aromatic nitrogens is 1. The summed E-state index contributed by atoms with van der Waals surface area (Å²) in [7, 11) is 0. The van der Waals surface area contributed by atoms with Gasteiger partial charge in [0.05, 0.1) is 6.61 Å². The Kier molecular flexibility index (Phi) is 2.86. The van der Waals surface area contributed by atoms with Gasteiger partial charge in [-0.3, -0.25) is 0 Å². The summed E-state index contributed by atoms with van der Waals surface area (Å²) in [6.07, 6.45) is 1.22. The largest absolute Gasteiger partial charge is 0.460 e. The van der Waals surface area contributed by atoms with E-state index in [9.17, 15) is 4.79 Å². The van der Waals surface area contributed by atoms with Crippen molar-refractivity contribution < 1.29 is 13.9 Å². The summed E-state index contributed by atoms with van der Waals surface area (Å²) < 4.78 is 10.0. The molecule has 1 aromatic rings. The molecule has 0 aromatic carbocycles. The van der Waals surface area contributed by atoms with E-state index in [1.807, 2.05) is 22.6 Å². The normalized spacial score (nSPS) is 9.64. The zero-order chi connectivity index (χ0) is 8.27. The Balaban J connectivity index is 2.76. The topological polar surface area (TPSA) is 52.3 Å². The van der Waals surface area contributed by atoms with Gasteiger partial charge in [-0.05, 0) is 29.5 Å². The van der Waals surface area contributed by atoms with Crippen molar-refractivity contribution in [2.45, 2.75) is 6.92 Å². The minimum Gasteiger partial charge on any atom is -0.460 e. The van der Waals surface area contributed by atoms with Crippen molar-refractivity contribution in [2.24, 2.45) is 0 Å². The molecule has 1 heterocycles. The van der Waals surface area contributed by atoms with Crippen LogP contribution in [0.25, 0.3) is 0 Å². The molecule has 0 saturated heterocycles. The van der Waals surface area contributed by atoms with E-state index >= 15 is 0 Å². The van der Waals surface area contributed by atoms with Crippen molar-refractivity contribution in [1.82, 2.24) is 4.98 Å². The van der Waals surface area contributed by atoms with Crippen molar-refractivity contribution in [3.63, 3.8) is 0 Å². The third-order valence-corrected chi connectivity index (χ3v) is 1.75. The zero-order valence-electron chi connectivity index (χ0n) is 5.83. The molecule has 0 N–H and O–H groups in total. The molecule has 0 amide bonds. The number of carbonyl (C=O) groups is 1. The number of hydrogen-bond acceptors (Lipinski definition) is 4. The summed E-state index contributed by atoms with van der Waals surface area (Å²) in [5.74, 6) is -0.290. The first-order valence-corrected chi connectivity index (χ1v) is 4.09. The molecule has 0 radical (unpaired) electrons. The number of esters is 1. The molecule has 0 atom stereocenters. The van der Waals surface area contributed by atoms with Crippen LogP contribution in [0.5, 0.6) is 0 Å². The van der Waals surface area contributed by atoms with Gasteiger partial charge in [-0.1, -0.05) is 0 Å². The lowest BCUT2D eigenvalue weighted by atomic mass is 10.5. The van der Waals surface area contributed by atoms with Crippen molar-refractivity contribution >= 4 is 28.6 Å². The lowest BCUT2D eigenvalue weighted by Crippen LogP contribution is -2.04. The Hall–Kier alpha value is -0.590. The standard InChI is InChI=1S/C6H6INO3/c1-2-10-6(9)4-5(7)8-3-11-4/h3H,2H2,1H3. The molecule has 0 bridgehead atoms. The molecule has 5 heteroatoms. The van der Waals surface area contributed by atoms with Crippen molar-refractivity contribution in [2.75, 3.05) is 6.61 Å². The van der Waals surface area contributed by atoms with Crippen LogP contribution >= 0.6 is 22.6 Å². The van der Waals surface area contributed by atoms with Gasteiger partial charge in [0.25, 0.3) is 0 Å². The minimum absolute atomic E-state index is 0.174. The highest BCUT2D eigenvalue weighted by Crippen LogP contribution is 2.10. The van der Waals surface area contributed by atoms with E-state index in [2.05, 4.69) is 9.72 Å². The average molecular weight is 267 g/mol. The molecule has 1 aromatic heterocycles. The Morgan fingerprint density at radius 1 is 1.91 bits per heavy atom.